The highest BCUT2D eigenvalue weighted by Gasteiger charge is 2.41. The minimum absolute atomic E-state index is 0.0527. The van der Waals surface area contributed by atoms with E-state index in [0.29, 0.717) is 11.3 Å². The van der Waals surface area contributed by atoms with Crippen molar-refractivity contribution in [1.29, 1.82) is 0 Å². The van der Waals surface area contributed by atoms with E-state index in [1.807, 2.05) is 0 Å². The molecule has 0 radical (unpaired) electrons. The molecule has 0 aliphatic carbocycles. The van der Waals surface area contributed by atoms with Gasteiger partial charge in [-0.05, 0) is 24.6 Å². The van der Waals surface area contributed by atoms with Crippen molar-refractivity contribution in [2.24, 2.45) is 0 Å². The van der Waals surface area contributed by atoms with Gasteiger partial charge in [0.2, 0.25) is 0 Å². The lowest BCUT2D eigenvalue weighted by molar-refractivity contribution is -0.173. The van der Waals surface area contributed by atoms with Crippen molar-refractivity contribution in [3.05, 3.63) is 53.6 Å². The molecule has 0 saturated carbocycles. The number of nitrogens with zero attached hydrogens (tertiary/aromatic N) is 2. The monoisotopic (exact) mass is 324 g/mol. The Morgan fingerprint density at radius 2 is 2.17 bits per heavy atom. The highest BCUT2D eigenvalue weighted by molar-refractivity contribution is 5.64. The molecular formula is C16H15F3N2O2. The molecule has 0 fully saturated rings. The summed E-state index contributed by atoms with van der Waals surface area (Å²) in [5.74, 6) is -0.580. The van der Waals surface area contributed by atoms with Crippen LogP contribution in [0.5, 0.6) is 5.75 Å². The molecule has 1 N–H and O–H groups in total. The Labute approximate surface area is 131 Å². The van der Waals surface area contributed by atoms with Crippen molar-refractivity contribution in [1.82, 2.24) is 4.98 Å². The quantitative estimate of drug-likeness (QED) is 0.941. The van der Waals surface area contributed by atoms with Crippen LogP contribution in [-0.2, 0) is 6.54 Å². The zero-order valence-electron chi connectivity index (χ0n) is 12.3. The summed E-state index contributed by atoms with van der Waals surface area (Å²) in [4.78, 5) is 5.12. The van der Waals surface area contributed by atoms with Gasteiger partial charge in [0.15, 0.2) is 5.75 Å². The number of anilines is 1. The third-order valence-electron chi connectivity index (χ3n) is 3.58. The third-order valence-corrected chi connectivity index (χ3v) is 3.58. The predicted molar refractivity (Wildman–Crippen MR) is 77.9 cm³/mol. The molecule has 3 rings (SSSR count). The van der Waals surface area contributed by atoms with Gasteiger partial charge < -0.3 is 14.7 Å². The number of ether oxygens (including phenoxy) is 1. The number of benzene rings is 1. The summed E-state index contributed by atoms with van der Waals surface area (Å²) in [5, 5.41) is 9.76. The number of hydrogen-bond donors (Lipinski definition) is 1. The number of aromatic nitrogens is 1. The first-order valence-corrected chi connectivity index (χ1v) is 7.08. The number of aliphatic hydroxyl groups is 1. The average molecular weight is 324 g/mol. The van der Waals surface area contributed by atoms with E-state index in [-0.39, 0.29) is 17.9 Å². The van der Waals surface area contributed by atoms with E-state index >= 15 is 0 Å². The number of pyridine rings is 1. The Morgan fingerprint density at radius 1 is 1.39 bits per heavy atom. The van der Waals surface area contributed by atoms with Crippen LogP contribution < -0.4 is 9.64 Å². The SMILES string of the molecule is C[C@H](O)c1cccc2c1OC(F)(F)CN2Cc1cncc(F)c1. The van der Waals surface area contributed by atoms with E-state index in [9.17, 15) is 18.3 Å². The van der Waals surface area contributed by atoms with Crippen molar-refractivity contribution in [2.45, 2.75) is 25.7 Å². The Bertz CT molecular complexity index is 722. The molecule has 23 heavy (non-hydrogen) atoms. The average Bonchev–Trinajstić information content (AvgIpc) is 2.45. The number of fused-ring (bicyclic) bond motifs is 1. The molecule has 0 bridgehead atoms. The van der Waals surface area contributed by atoms with Gasteiger partial charge in [-0.2, -0.15) is 8.78 Å². The summed E-state index contributed by atoms with van der Waals surface area (Å²) in [6, 6.07) is 6.07. The zero-order valence-corrected chi connectivity index (χ0v) is 12.3. The lowest BCUT2D eigenvalue weighted by atomic mass is 10.1. The highest BCUT2D eigenvalue weighted by atomic mass is 19.3. The first-order valence-electron chi connectivity index (χ1n) is 7.08. The van der Waals surface area contributed by atoms with Gasteiger partial charge in [-0.25, -0.2) is 4.39 Å². The van der Waals surface area contributed by atoms with E-state index in [4.69, 9.17) is 4.74 Å². The number of halogens is 3. The smallest absolute Gasteiger partial charge is 0.415 e. The molecule has 0 amide bonds. The van der Waals surface area contributed by atoms with Crippen LogP contribution in [0.15, 0.2) is 36.7 Å². The van der Waals surface area contributed by atoms with Crippen LogP contribution in [0.1, 0.15) is 24.2 Å². The van der Waals surface area contributed by atoms with E-state index in [2.05, 4.69) is 4.98 Å². The maximum Gasteiger partial charge on any atom is 0.415 e. The highest BCUT2D eigenvalue weighted by Crippen LogP contribution is 2.43. The van der Waals surface area contributed by atoms with Crippen molar-refractivity contribution < 1.29 is 23.0 Å². The first-order chi connectivity index (χ1) is 10.9. The van der Waals surface area contributed by atoms with Gasteiger partial charge in [0.05, 0.1) is 18.0 Å². The minimum Gasteiger partial charge on any atom is -0.429 e. The summed E-state index contributed by atoms with van der Waals surface area (Å²) < 4.78 is 45.9. The Morgan fingerprint density at radius 3 is 2.87 bits per heavy atom. The molecule has 1 atom stereocenters. The molecule has 1 aliphatic rings. The molecule has 2 aromatic rings. The molecule has 0 saturated heterocycles. The fraction of sp³-hybridized carbons (Fsp3) is 0.312. The van der Waals surface area contributed by atoms with Gasteiger partial charge in [0.25, 0.3) is 0 Å². The van der Waals surface area contributed by atoms with E-state index in [0.717, 1.165) is 6.20 Å². The molecule has 2 heterocycles. The van der Waals surface area contributed by atoms with Crippen LogP contribution in [0.2, 0.25) is 0 Å². The molecule has 122 valence electrons. The Kier molecular flexibility index (Phi) is 3.89. The number of aliphatic hydroxyl groups excluding tert-OH is 1. The van der Waals surface area contributed by atoms with Crippen molar-refractivity contribution >= 4 is 5.69 Å². The van der Waals surface area contributed by atoms with Crippen LogP contribution in [0.3, 0.4) is 0 Å². The summed E-state index contributed by atoms with van der Waals surface area (Å²) >= 11 is 0. The molecule has 1 aromatic carbocycles. The second kappa shape index (κ2) is 5.73. The van der Waals surface area contributed by atoms with Crippen LogP contribution in [0.25, 0.3) is 0 Å². The zero-order chi connectivity index (χ0) is 16.6. The summed E-state index contributed by atoms with van der Waals surface area (Å²) in [5.41, 5.74) is 1.18. The molecule has 4 nitrogen and oxygen atoms in total. The third kappa shape index (κ3) is 3.24. The number of alkyl halides is 2. The second-order valence-electron chi connectivity index (χ2n) is 5.48. The van der Waals surface area contributed by atoms with E-state index < -0.39 is 24.6 Å². The lowest BCUT2D eigenvalue weighted by Gasteiger charge is -2.36. The van der Waals surface area contributed by atoms with E-state index in [1.165, 1.54) is 30.2 Å². The van der Waals surface area contributed by atoms with Gasteiger partial charge in [0.1, 0.15) is 12.4 Å². The maximum atomic E-state index is 13.9. The molecule has 7 heteroatoms. The normalized spacial score (nSPS) is 17.3. The molecular weight excluding hydrogens is 309 g/mol. The fourth-order valence-electron chi connectivity index (χ4n) is 2.62. The topological polar surface area (TPSA) is 45.6 Å². The van der Waals surface area contributed by atoms with Crippen LogP contribution in [-0.4, -0.2) is 22.7 Å². The maximum absolute atomic E-state index is 13.9. The van der Waals surface area contributed by atoms with Crippen LogP contribution in [0.4, 0.5) is 18.9 Å². The first kappa shape index (κ1) is 15.6. The van der Waals surface area contributed by atoms with Gasteiger partial charge in [-0.3, -0.25) is 4.98 Å². The fourth-order valence-corrected chi connectivity index (χ4v) is 2.62. The summed E-state index contributed by atoms with van der Waals surface area (Å²) in [6.45, 7) is 0.867. The van der Waals surface area contributed by atoms with Crippen molar-refractivity contribution in [2.75, 3.05) is 11.4 Å². The van der Waals surface area contributed by atoms with Gasteiger partial charge in [0, 0.05) is 18.3 Å². The second-order valence-corrected chi connectivity index (χ2v) is 5.48. The summed E-state index contributed by atoms with van der Waals surface area (Å²) in [6.07, 6.45) is -1.87. The van der Waals surface area contributed by atoms with Crippen LogP contribution >= 0.6 is 0 Å². The Hall–Kier alpha value is -2.28. The van der Waals surface area contributed by atoms with Crippen LogP contribution in [0, 0.1) is 5.82 Å². The minimum atomic E-state index is -3.40. The summed E-state index contributed by atoms with van der Waals surface area (Å²) in [7, 11) is 0. The lowest BCUT2D eigenvalue weighted by Crippen LogP contribution is -2.45. The van der Waals surface area contributed by atoms with Gasteiger partial charge >= 0.3 is 6.11 Å². The molecule has 1 aromatic heterocycles. The molecule has 1 aliphatic heterocycles. The van der Waals surface area contributed by atoms with E-state index in [1.54, 1.807) is 12.1 Å². The molecule has 0 unspecified atom stereocenters. The number of rotatable bonds is 3. The Balaban J connectivity index is 2.01. The van der Waals surface area contributed by atoms with Crippen molar-refractivity contribution in [3.63, 3.8) is 0 Å². The largest absolute Gasteiger partial charge is 0.429 e. The number of hydrogen-bond acceptors (Lipinski definition) is 4. The van der Waals surface area contributed by atoms with Gasteiger partial charge in [-0.15, -0.1) is 0 Å². The molecule has 0 spiro atoms. The number of para-hydroxylation sites is 1. The van der Waals surface area contributed by atoms with Gasteiger partial charge in [-0.1, -0.05) is 12.1 Å². The predicted octanol–water partition coefficient (Wildman–Crippen LogP) is 3.27. The standard InChI is InChI=1S/C16H15F3N2O2/c1-10(22)13-3-2-4-14-15(13)23-16(18,19)9-21(14)8-11-5-12(17)7-20-6-11/h2-7,10,22H,8-9H2,1H3/t10-/m0/s1. The van der Waals surface area contributed by atoms with Crippen molar-refractivity contribution in [3.8, 4) is 5.75 Å².